The molecule has 1 rings (SSSR count). The van der Waals surface area contributed by atoms with Crippen molar-refractivity contribution >= 4 is 0 Å². The summed E-state index contributed by atoms with van der Waals surface area (Å²) in [6.07, 6.45) is 4.52. The SMILES string of the molecule is CC(C)NC1CCC(C#N)CC1. The van der Waals surface area contributed by atoms with Crippen molar-refractivity contribution in [1.29, 1.82) is 5.26 Å². The first-order chi connectivity index (χ1) is 5.72. The zero-order chi connectivity index (χ0) is 8.97. The lowest BCUT2D eigenvalue weighted by atomic mass is 9.87. The van der Waals surface area contributed by atoms with E-state index in [4.69, 9.17) is 5.26 Å². The van der Waals surface area contributed by atoms with E-state index in [2.05, 4.69) is 25.2 Å². The normalized spacial score (nSPS) is 30.2. The van der Waals surface area contributed by atoms with Gasteiger partial charge in [-0.1, -0.05) is 13.8 Å². The predicted molar refractivity (Wildman–Crippen MR) is 49.6 cm³/mol. The van der Waals surface area contributed by atoms with Gasteiger partial charge in [0.2, 0.25) is 0 Å². The van der Waals surface area contributed by atoms with E-state index in [1.54, 1.807) is 0 Å². The summed E-state index contributed by atoms with van der Waals surface area (Å²) in [6, 6.07) is 3.59. The molecule has 0 heterocycles. The molecule has 2 heteroatoms. The maximum absolute atomic E-state index is 8.69. The molecule has 1 aliphatic rings. The van der Waals surface area contributed by atoms with E-state index in [-0.39, 0.29) is 0 Å². The fraction of sp³-hybridized carbons (Fsp3) is 0.900. The van der Waals surface area contributed by atoms with Crippen molar-refractivity contribution in [3.8, 4) is 6.07 Å². The second-order valence-electron chi connectivity index (χ2n) is 4.00. The fourth-order valence-electron chi connectivity index (χ4n) is 1.86. The number of hydrogen-bond acceptors (Lipinski definition) is 2. The molecule has 0 aromatic carbocycles. The molecule has 0 radical (unpaired) electrons. The molecule has 0 spiro atoms. The van der Waals surface area contributed by atoms with Gasteiger partial charge >= 0.3 is 0 Å². The summed E-state index contributed by atoms with van der Waals surface area (Å²) in [6.45, 7) is 4.35. The first kappa shape index (κ1) is 9.54. The van der Waals surface area contributed by atoms with Crippen LogP contribution in [-0.2, 0) is 0 Å². The third-order valence-electron chi connectivity index (χ3n) is 2.48. The molecule has 0 bridgehead atoms. The van der Waals surface area contributed by atoms with Gasteiger partial charge in [-0.3, -0.25) is 0 Å². The van der Waals surface area contributed by atoms with Crippen molar-refractivity contribution in [3.63, 3.8) is 0 Å². The van der Waals surface area contributed by atoms with Crippen LogP contribution in [0.4, 0.5) is 0 Å². The zero-order valence-electron chi connectivity index (χ0n) is 8.01. The molecule has 1 N–H and O–H groups in total. The van der Waals surface area contributed by atoms with Gasteiger partial charge in [0.05, 0.1) is 6.07 Å². The molecule has 0 amide bonds. The summed E-state index contributed by atoms with van der Waals surface area (Å²) in [7, 11) is 0. The van der Waals surface area contributed by atoms with Gasteiger partial charge in [0.15, 0.2) is 0 Å². The molecule has 0 atom stereocenters. The molecule has 1 saturated carbocycles. The van der Waals surface area contributed by atoms with Gasteiger partial charge in [0, 0.05) is 18.0 Å². The molecule has 1 aliphatic carbocycles. The van der Waals surface area contributed by atoms with Gasteiger partial charge in [-0.15, -0.1) is 0 Å². The van der Waals surface area contributed by atoms with E-state index in [0.29, 0.717) is 18.0 Å². The van der Waals surface area contributed by atoms with Gasteiger partial charge in [-0.05, 0) is 25.7 Å². The molecule has 68 valence electrons. The average Bonchev–Trinajstić information content (AvgIpc) is 2.05. The third kappa shape index (κ3) is 2.83. The average molecular weight is 166 g/mol. The monoisotopic (exact) mass is 166 g/mol. The minimum absolute atomic E-state index is 0.329. The first-order valence-electron chi connectivity index (χ1n) is 4.88. The second-order valence-corrected chi connectivity index (χ2v) is 4.00. The topological polar surface area (TPSA) is 35.8 Å². The Morgan fingerprint density at radius 2 is 1.83 bits per heavy atom. The van der Waals surface area contributed by atoms with Crippen molar-refractivity contribution in [1.82, 2.24) is 5.32 Å². The van der Waals surface area contributed by atoms with Crippen LogP contribution in [0.15, 0.2) is 0 Å². The van der Waals surface area contributed by atoms with E-state index in [9.17, 15) is 0 Å². The van der Waals surface area contributed by atoms with E-state index < -0.39 is 0 Å². The molecule has 0 saturated heterocycles. The van der Waals surface area contributed by atoms with Gasteiger partial charge < -0.3 is 5.32 Å². The van der Waals surface area contributed by atoms with E-state index >= 15 is 0 Å². The van der Waals surface area contributed by atoms with Gasteiger partial charge in [0.1, 0.15) is 0 Å². The molecule has 2 nitrogen and oxygen atoms in total. The number of hydrogen-bond donors (Lipinski definition) is 1. The van der Waals surface area contributed by atoms with Crippen molar-refractivity contribution in [2.75, 3.05) is 0 Å². The molecular weight excluding hydrogens is 148 g/mol. The van der Waals surface area contributed by atoms with E-state index in [0.717, 1.165) is 12.8 Å². The Hall–Kier alpha value is -0.550. The number of nitriles is 1. The smallest absolute Gasteiger partial charge is 0.0655 e. The number of rotatable bonds is 2. The quantitative estimate of drug-likeness (QED) is 0.681. The summed E-state index contributed by atoms with van der Waals surface area (Å²) < 4.78 is 0. The van der Waals surface area contributed by atoms with Crippen molar-refractivity contribution in [2.24, 2.45) is 5.92 Å². The number of nitrogens with zero attached hydrogens (tertiary/aromatic N) is 1. The van der Waals surface area contributed by atoms with Crippen LogP contribution < -0.4 is 5.32 Å². The molecular formula is C10H18N2. The first-order valence-corrected chi connectivity index (χ1v) is 4.88. The molecule has 12 heavy (non-hydrogen) atoms. The summed E-state index contributed by atoms with van der Waals surface area (Å²) >= 11 is 0. The van der Waals surface area contributed by atoms with Crippen LogP contribution in [-0.4, -0.2) is 12.1 Å². The largest absolute Gasteiger partial charge is 0.312 e. The van der Waals surface area contributed by atoms with Crippen LogP contribution in [0.3, 0.4) is 0 Å². The summed E-state index contributed by atoms with van der Waals surface area (Å²) in [5.41, 5.74) is 0. The standard InChI is InChI=1S/C10H18N2/c1-8(2)12-10-5-3-9(7-11)4-6-10/h8-10,12H,3-6H2,1-2H3. The Balaban J connectivity index is 2.23. The third-order valence-corrected chi connectivity index (χ3v) is 2.48. The van der Waals surface area contributed by atoms with E-state index in [1.807, 2.05) is 0 Å². The maximum Gasteiger partial charge on any atom is 0.0655 e. The fourth-order valence-corrected chi connectivity index (χ4v) is 1.86. The molecule has 0 aromatic rings. The highest BCUT2D eigenvalue weighted by atomic mass is 14.9. The van der Waals surface area contributed by atoms with E-state index in [1.165, 1.54) is 12.8 Å². The highest BCUT2D eigenvalue weighted by molar-refractivity contribution is 4.89. The van der Waals surface area contributed by atoms with Crippen LogP contribution in [0.5, 0.6) is 0 Å². The Morgan fingerprint density at radius 1 is 1.25 bits per heavy atom. The minimum Gasteiger partial charge on any atom is -0.312 e. The Bertz CT molecular complexity index is 161. The number of nitrogens with one attached hydrogen (secondary N) is 1. The van der Waals surface area contributed by atoms with Crippen LogP contribution >= 0.6 is 0 Å². The Labute approximate surface area is 75.0 Å². The van der Waals surface area contributed by atoms with Crippen LogP contribution in [0, 0.1) is 17.2 Å². The lowest BCUT2D eigenvalue weighted by Gasteiger charge is -2.27. The van der Waals surface area contributed by atoms with Gasteiger partial charge in [0.25, 0.3) is 0 Å². The Kier molecular flexibility index (Phi) is 3.55. The minimum atomic E-state index is 0.329. The van der Waals surface area contributed by atoms with Crippen molar-refractivity contribution in [3.05, 3.63) is 0 Å². The van der Waals surface area contributed by atoms with Crippen molar-refractivity contribution < 1.29 is 0 Å². The lowest BCUT2D eigenvalue weighted by molar-refractivity contribution is 0.316. The summed E-state index contributed by atoms with van der Waals surface area (Å²) in [4.78, 5) is 0. The van der Waals surface area contributed by atoms with Crippen LogP contribution in [0.25, 0.3) is 0 Å². The van der Waals surface area contributed by atoms with Crippen LogP contribution in [0.1, 0.15) is 39.5 Å². The maximum atomic E-state index is 8.69. The molecule has 0 aliphatic heterocycles. The summed E-state index contributed by atoms with van der Waals surface area (Å²) in [5, 5.41) is 12.2. The molecule has 0 unspecified atom stereocenters. The summed E-state index contributed by atoms with van der Waals surface area (Å²) in [5.74, 6) is 0.329. The second kappa shape index (κ2) is 4.47. The molecule has 1 fully saturated rings. The zero-order valence-corrected chi connectivity index (χ0v) is 8.01. The lowest BCUT2D eigenvalue weighted by Crippen LogP contribution is -2.37. The van der Waals surface area contributed by atoms with Crippen LogP contribution in [0.2, 0.25) is 0 Å². The predicted octanol–water partition coefficient (Wildman–Crippen LogP) is 2.07. The molecule has 0 aromatic heterocycles. The Morgan fingerprint density at radius 3 is 2.25 bits per heavy atom. The van der Waals surface area contributed by atoms with Gasteiger partial charge in [-0.2, -0.15) is 5.26 Å². The highest BCUT2D eigenvalue weighted by Gasteiger charge is 2.20. The van der Waals surface area contributed by atoms with Crippen molar-refractivity contribution in [2.45, 2.75) is 51.6 Å². The highest BCUT2D eigenvalue weighted by Crippen LogP contribution is 2.23. The van der Waals surface area contributed by atoms with Gasteiger partial charge in [-0.25, -0.2) is 0 Å².